The summed E-state index contributed by atoms with van der Waals surface area (Å²) >= 11 is 0. The lowest BCUT2D eigenvalue weighted by molar-refractivity contribution is -0.139. The van der Waals surface area contributed by atoms with Gasteiger partial charge in [0.1, 0.15) is 18.1 Å². The molecule has 2 N–H and O–H groups in total. The molecular formula is C16H15F4N5O2. The highest BCUT2D eigenvalue weighted by molar-refractivity contribution is 6.31. The zero-order chi connectivity index (χ0) is 19.9. The third-order valence-electron chi connectivity index (χ3n) is 3.05. The minimum absolute atomic E-state index is 0.0224. The van der Waals surface area contributed by atoms with Crippen LogP contribution in [0.2, 0.25) is 0 Å². The van der Waals surface area contributed by atoms with Crippen LogP contribution in [0.4, 0.5) is 23.2 Å². The van der Waals surface area contributed by atoms with Gasteiger partial charge in [0.2, 0.25) is 0 Å². The lowest BCUT2D eigenvalue weighted by atomic mass is 10.2. The van der Waals surface area contributed by atoms with Gasteiger partial charge >= 0.3 is 12.2 Å². The van der Waals surface area contributed by atoms with Gasteiger partial charge in [0, 0.05) is 0 Å². The number of hydrogen-bond donors (Lipinski definition) is 1. The first-order valence-electron chi connectivity index (χ1n) is 7.58. The van der Waals surface area contributed by atoms with Crippen LogP contribution in [0.5, 0.6) is 11.8 Å². The zero-order valence-corrected chi connectivity index (χ0v) is 14.1. The van der Waals surface area contributed by atoms with Crippen LogP contribution < -0.4 is 15.3 Å². The third kappa shape index (κ3) is 5.90. The summed E-state index contributed by atoms with van der Waals surface area (Å²) in [4.78, 5) is 11.6. The lowest BCUT2D eigenvalue weighted by Crippen LogP contribution is -2.16. The molecule has 1 aromatic heterocycles. The number of aliphatic imine (C=N–C) groups is 1. The van der Waals surface area contributed by atoms with Gasteiger partial charge in [-0.1, -0.05) is 0 Å². The number of nitrogens with two attached hydrogens (primary N) is 1. The van der Waals surface area contributed by atoms with Crippen LogP contribution in [0.1, 0.15) is 12.5 Å². The van der Waals surface area contributed by atoms with E-state index in [1.807, 2.05) is 6.92 Å². The molecule has 27 heavy (non-hydrogen) atoms. The number of ether oxygens (including phenoxy) is 2. The molecule has 0 saturated heterocycles. The van der Waals surface area contributed by atoms with Gasteiger partial charge in [-0.2, -0.15) is 28.2 Å². The fourth-order valence-corrected chi connectivity index (χ4v) is 1.83. The van der Waals surface area contributed by atoms with E-state index in [2.05, 4.69) is 20.1 Å². The first-order chi connectivity index (χ1) is 12.8. The first kappa shape index (κ1) is 20.1. The number of rotatable bonds is 7. The summed E-state index contributed by atoms with van der Waals surface area (Å²) in [6.45, 7) is 2.09. The van der Waals surface area contributed by atoms with E-state index in [0.717, 1.165) is 12.3 Å². The smallest absolute Gasteiger partial charge is 0.419 e. The van der Waals surface area contributed by atoms with Crippen LogP contribution >= 0.6 is 0 Å². The molecule has 0 spiro atoms. The van der Waals surface area contributed by atoms with E-state index < -0.39 is 17.6 Å². The average molecular weight is 385 g/mol. The number of halogens is 4. The van der Waals surface area contributed by atoms with Gasteiger partial charge in [0.05, 0.1) is 36.5 Å². The molecule has 1 aromatic carbocycles. The maximum atomic E-state index is 13.3. The predicted molar refractivity (Wildman–Crippen MR) is 89.9 cm³/mol. The van der Waals surface area contributed by atoms with Crippen LogP contribution in [-0.2, 0) is 6.18 Å². The molecule has 0 bridgehead atoms. The van der Waals surface area contributed by atoms with E-state index in [1.54, 1.807) is 0 Å². The minimum atomic E-state index is -4.82. The number of aromatic nitrogens is 2. The fraction of sp³-hybridized carbons (Fsp3) is 0.250. The van der Waals surface area contributed by atoms with E-state index in [4.69, 9.17) is 15.3 Å². The monoisotopic (exact) mass is 385 g/mol. The predicted octanol–water partition coefficient (Wildman–Crippen LogP) is 3.13. The van der Waals surface area contributed by atoms with Crippen LogP contribution in [0.3, 0.4) is 0 Å². The number of benzene rings is 1. The van der Waals surface area contributed by atoms with Crippen molar-refractivity contribution in [3.63, 3.8) is 0 Å². The third-order valence-corrected chi connectivity index (χ3v) is 3.05. The Balaban J connectivity index is 2.02. The molecule has 0 unspecified atom stereocenters. The quantitative estimate of drug-likeness (QED) is 0.342. The number of hydrazone groups is 1. The van der Waals surface area contributed by atoms with E-state index in [-0.39, 0.29) is 24.0 Å². The van der Waals surface area contributed by atoms with Gasteiger partial charge < -0.3 is 15.3 Å². The summed E-state index contributed by atoms with van der Waals surface area (Å²) in [6, 6.07) is 2.37. The van der Waals surface area contributed by atoms with Crippen molar-refractivity contribution in [2.45, 2.75) is 13.1 Å². The normalized spacial score (nSPS) is 12.4. The Morgan fingerprint density at radius 2 is 1.93 bits per heavy atom. The molecule has 2 rings (SSSR count). The van der Waals surface area contributed by atoms with Gasteiger partial charge in [-0.15, -0.1) is 0 Å². The highest BCUT2D eigenvalue weighted by Gasteiger charge is 2.34. The van der Waals surface area contributed by atoms with Gasteiger partial charge in [-0.25, -0.2) is 4.39 Å². The summed E-state index contributed by atoms with van der Waals surface area (Å²) in [6.07, 6.45) is -0.900. The summed E-state index contributed by atoms with van der Waals surface area (Å²) in [5.74, 6) is 4.29. The largest absolute Gasteiger partial charge is 0.491 e. The van der Waals surface area contributed by atoms with Gasteiger partial charge in [0.15, 0.2) is 5.75 Å². The molecule has 144 valence electrons. The topological polar surface area (TPSA) is 95.0 Å². The van der Waals surface area contributed by atoms with E-state index in [0.29, 0.717) is 24.5 Å². The number of hydrogen-bond acceptors (Lipinski definition) is 7. The number of nitrogens with zero attached hydrogens (tertiary/aromatic N) is 4. The Bertz CT molecular complexity index is 823. The molecule has 2 aromatic rings. The second-order valence-electron chi connectivity index (χ2n) is 4.96. The molecule has 1 heterocycles. The molecule has 0 aliphatic rings. The zero-order valence-electron chi connectivity index (χ0n) is 14.1. The highest BCUT2D eigenvalue weighted by atomic mass is 19.4. The second kappa shape index (κ2) is 8.92. The van der Waals surface area contributed by atoms with Crippen molar-refractivity contribution in [2.24, 2.45) is 15.9 Å². The molecule has 0 radical (unpaired) electrons. The SMILES string of the molecule is CCOc1cnc(OCC(C=Nc2ccc(F)c(C(F)(F)F)c2)=NN)nc1. The lowest BCUT2D eigenvalue weighted by Gasteiger charge is -2.08. The van der Waals surface area contributed by atoms with Crippen LogP contribution in [0.25, 0.3) is 0 Å². The van der Waals surface area contributed by atoms with E-state index >= 15 is 0 Å². The molecule has 0 aliphatic carbocycles. The van der Waals surface area contributed by atoms with Crippen molar-refractivity contribution in [2.75, 3.05) is 13.2 Å². The van der Waals surface area contributed by atoms with Crippen LogP contribution in [-0.4, -0.2) is 35.1 Å². The van der Waals surface area contributed by atoms with Crippen molar-refractivity contribution in [3.8, 4) is 11.8 Å². The summed E-state index contributed by atoms with van der Waals surface area (Å²) in [5, 5.41) is 3.42. The van der Waals surface area contributed by atoms with E-state index in [1.165, 1.54) is 12.4 Å². The molecule has 7 nitrogen and oxygen atoms in total. The first-order valence-corrected chi connectivity index (χ1v) is 7.58. The van der Waals surface area contributed by atoms with Crippen molar-refractivity contribution < 1.29 is 27.0 Å². The van der Waals surface area contributed by atoms with Crippen molar-refractivity contribution in [1.82, 2.24) is 9.97 Å². The molecule has 11 heteroatoms. The Hall–Kier alpha value is -3.24. The molecule has 0 saturated carbocycles. The average Bonchev–Trinajstić information content (AvgIpc) is 2.63. The van der Waals surface area contributed by atoms with Gasteiger partial charge in [0.25, 0.3) is 0 Å². The van der Waals surface area contributed by atoms with Crippen LogP contribution in [0.15, 0.2) is 40.7 Å². The molecule has 0 atom stereocenters. The maximum Gasteiger partial charge on any atom is 0.419 e. The summed E-state index contributed by atoms with van der Waals surface area (Å²) in [5.41, 5.74) is -1.44. The summed E-state index contributed by atoms with van der Waals surface area (Å²) < 4.78 is 61.8. The maximum absolute atomic E-state index is 13.3. The van der Waals surface area contributed by atoms with Crippen molar-refractivity contribution >= 4 is 17.6 Å². The molecule has 0 aliphatic heterocycles. The second-order valence-corrected chi connectivity index (χ2v) is 4.96. The van der Waals surface area contributed by atoms with E-state index in [9.17, 15) is 17.6 Å². The van der Waals surface area contributed by atoms with Gasteiger partial charge in [-0.05, 0) is 25.1 Å². The minimum Gasteiger partial charge on any atom is -0.491 e. The van der Waals surface area contributed by atoms with Crippen molar-refractivity contribution in [1.29, 1.82) is 0 Å². The Kier molecular flexibility index (Phi) is 6.63. The fourth-order valence-electron chi connectivity index (χ4n) is 1.83. The molecular weight excluding hydrogens is 370 g/mol. The van der Waals surface area contributed by atoms with Crippen LogP contribution in [0, 0.1) is 5.82 Å². The number of alkyl halides is 3. The Morgan fingerprint density at radius 1 is 1.22 bits per heavy atom. The highest BCUT2D eigenvalue weighted by Crippen LogP contribution is 2.33. The molecule has 0 amide bonds. The Labute approximate surface area is 151 Å². The van der Waals surface area contributed by atoms with Crippen molar-refractivity contribution in [3.05, 3.63) is 42.0 Å². The van der Waals surface area contributed by atoms with Gasteiger partial charge in [-0.3, -0.25) is 4.99 Å². The molecule has 0 fully saturated rings. The Morgan fingerprint density at radius 3 is 2.52 bits per heavy atom. The summed E-state index contributed by atoms with van der Waals surface area (Å²) in [7, 11) is 0. The standard InChI is InChI=1S/C16H15F4N5O2/c1-2-26-12-7-23-15(24-8-12)27-9-11(25-21)6-22-10-3-4-14(17)13(5-10)16(18,19)20/h3-8H,2,9,21H2,1H3.